The number of aliphatic carboxylic acids is 2. The molecule has 1 aromatic heterocycles. The normalized spacial score (nSPS) is 11.0. The summed E-state index contributed by atoms with van der Waals surface area (Å²) >= 11 is 6.09. The quantitative estimate of drug-likeness (QED) is 0.385. The minimum Gasteiger partial charge on any atom is -0.542 e. The fourth-order valence-electron chi connectivity index (χ4n) is 2.79. The first-order valence-corrected chi connectivity index (χ1v) is 11.9. The van der Waals surface area contributed by atoms with E-state index in [2.05, 4.69) is 20.4 Å². The molecular formula is C25H24ClF6N5O5-2. The molecule has 0 radical (unpaired) electrons. The van der Waals surface area contributed by atoms with Crippen molar-refractivity contribution < 1.29 is 50.9 Å². The lowest BCUT2D eigenvalue weighted by molar-refractivity contribution is -0.344. The molecule has 0 bridgehead atoms. The number of amides is 2. The molecule has 0 aliphatic heterocycles. The number of aromatic amines is 1. The molecule has 2 aromatic carbocycles. The lowest BCUT2D eigenvalue weighted by Crippen LogP contribution is -2.39. The van der Waals surface area contributed by atoms with Gasteiger partial charge in [0.15, 0.2) is 0 Å². The van der Waals surface area contributed by atoms with Crippen LogP contribution in [0.15, 0.2) is 60.9 Å². The van der Waals surface area contributed by atoms with E-state index < -0.39 is 24.3 Å². The lowest BCUT2D eigenvalue weighted by atomic mass is 10.1. The highest BCUT2D eigenvalue weighted by atomic mass is 35.5. The van der Waals surface area contributed by atoms with E-state index in [1.807, 2.05) is 68.8 Å². The van der Waals surface area contributed by atoms with Crippen molar-refractivity contribution in [1.29, 1.82) is 0 Å². The summed E-state index contributed by atoms with van der Waals surface area (Å²) in [5.74, 6) is -6.01. The number of halogens is 7. The van der Waals surface area contributed by atoms with Gasteiger partial charge in [0.2, 0.25) is 0 Å². The summed E-state index contributed by atoms with van der Waals surface area (Å²) in [6, 6.07) is 15.2. The number of benzene rings is 2. The Hall–Kier alpha value is -4.31. The second kappa shape index (κ2) is 16.2. The molecule has 2 N–H and O–H groups in total. The van der Waals surface area contributed by atoms with Crippen LogP contribution in [0.2, 0.25) is 5.02 Å². The smallest absolute Gasteiger partial charge is 0.430 e. The van der Waals surface area contributed by atoms with Gasteiger partial charge in [0.05, 0.1) is 6.20 Å². The third-order valence-corrected chi connectivity index (χ3v) is 5.03. The summed E-state index contributed by atoms with van der Waals surface area (Å²) in [6.07, 6.45) is -6.79. The Labute approximate surface area is 240 Å². The largest absolute Gasteiger partial charge is 0.542 e. The van der Waals surface area contributed by atoms with E-state index in [0.717, 1.165) is 28.9 Å². The molecule has 0 saturated heterocycles. The maximum Gasteiger partial charge on any atom is 0.430 e. The summed E-state index contributed by atoms with van der Waals surface area (Å²) in [7, 11) is 3.98. The first-order chi connectivity index (χ1) is 19.4. The Morgan fingerprint density at radius 2 is 1.45 bits per heavy atom. The minimum absolute atomic E-state index is 0.141. The van der Waals surface area contributed by atoms with Crippen molar-refractivity contribution in [3.8, 4) is 11.1 Å². The number of carbonyl (C=O) groups excluding carboxylic acids is 3. The molecule has 10 nitrogen and oxygen atoms in total. The number of urea groups is 1. The Bertz CT molecular complexity index is 1260. The summed E-state index contributed by atoms with van der Waals surface area (Å²) in [6.45, 7) is 1.87. The standard InChI is InChI=1S/C21H24ClN5O.2C2HF3O2/c1-26(2)10-11-27(15-16-4-3-5-19(22)12-16)21(28)25-20-8-6-17(7-9-20)18-13-23-24-14-18;2*3-2(4,5)1(6)7/h3-9,12-14H,10-11,15H2,1-2H3,(H,23,24)(H,25,28);2*(H,6,7)/p-2. The van der Waals surface area contributed by atoms with Gasteiger partial charge in [-0.2, -0.15) is 31.4 Å². The zero-order valence-corrected chi connectivity index (χ0v) is 22.7. The summed E-state index contributed by atoms with van der Waals surface area (Å²) in [4.78, 5) is 34.3. The lowest BCUT2D eigenvalue weighted by Gasteiger charge is -2.25. The maximum absolute atomic E-state index is 12.9. The van der Waals surface area contributed by atoms with Crippen LogP contribution in [-0.2, 0) is 16.1 Å². The molecule has 0 unspecified atom stereocenters. The van der Waals surface area contributed by atoms with Crippen molar-refractivity contribution in [3.05, 3.63) is 71.5 Å². The van der Waals surface area contributed by atoms with Gasteiger partial charge in [0, 0.05) is 42.1 Å². The molecule has 0 fully saturated rings. The van der Waals surface area contributed by atoms with Crippen LogP contribution >= 0.6 is 11.6 Å². The van der Waals surface area contributed by atoms with Gasteiger partial charge in [0.25, 0.3) is 0 Å². The van der Waals surface area contributed by atoms with Crippen LogP contribution in [0, 0.1) is 0 Å². The predicted octanol–water partition coefficient (Wildman–Crippen LogP) is 2.92. The monoisotopic (exact) mass is 623 g/mol. The number of likely N-dealkylation sites (N-methyl/N-ethyl adjacent to an activating group) is 1. The third kappa shape index (κ3) is 13.8. The molecule has 2 amide bonds. The number of alkyl halides is 6. The molecule has 17 heteroatoms. The number of nitrogens with one attached hydrogen (secondary N) is 2. The van der Waals surface area contributed by atoms with Gasteiger partial charge in [-0.3, -0.25) is 5.10 Å². The summed E-state index contributed by atoms with van der Waals surface area (Å²) in [5.41, 5.74) is 3.79. The predicted molar refractivity (Wildman–Crippen MR) is 136 cm³/mol. The number of H-pyrrole nitrogens is 1. The number of rotatable bonds is 7. The molecule has 230 valence electrons. The highest BCUT2D eigenvalue weighted by Crippen LogP contribution is 2.21. The Morgan fingerprint density at radius 1 is 0.905 bits per heavy atom. The maximum atomic E-state index is 12.9. The fourth-order valence-corrected chi connectivity index (χ4v) is 3.00. The van der Waals surface area contributed by atoms with Crippen molar-refractivity contribution >= 4 is 35.3 Å². The van der Waals surface area contributed by atoms with E-state index in [1.165, 1.54) is 0 Å². The molecular weight excluding hydrogens is 600 g/mol. The molecule has 0 saturated carbocycles. The minimum atomic E-state index is -5.19. The SMILES string of the molecule is CN(C)CCN(Cc1cccc(Cl)c1)C(=O)Nc1ccc(-c2cn[nH]c2)cc1.O=C([O-])C(F)(F)F.O=C([O-])C(F)(F)F. The molecule has 3 rings (SSSR count). The fraction of sp³-hybridized carbons (Fsp3) is 0.280. The molecule has 0 aliphatic carbocycles. The number of carboxylic acid groups (broad SMARTS) is 2. The van der Waals surface area contributed by atoms with Crippen LogP contribution in [0.4, 0.5) is 36.8 Å². The number of carboxylic acids is 2. The van der Waals surface area contributed by atoms with Crippen LogP contribution in [0.3, 0.4) is 0 Å². The van der Waals surface area contributed by atoms with Crippen molar-refractivity contribution in [2.75, 3.05) is 32.5 Å². The average molecular weight is 624 g/mol. The van der Waals surface area contributed by atoms with Crippen LogP contribution < -0.4 is 15.5 Å². The summed E-state index contributed by atoms with van der Waals surface area (Å²) in [5, 5.41) is 28.0. The zero-order chi connectivity index (χ0) is 32.1. The van der Waals surface area contributed by atoms with Crippen molar-refractivity contribution in [3.63, 3.8) is 0 Å². The molecule has 3 aromatic rings. The molecule has 42 heavy (non-hydrogen) atoms. The molecule has 0 atom stereocenters. The van der Waals surface area contributed by atoms with Gasteiger partial charge in [-0.25, -0.2) is 4.79 Å². The number of aromatic nitrogens is 2. The first kappa shape index (κ1) is 35.7. The van der Waals surface area contributed by atoms with Crippen molar-refractivity contribution in [2.24, 2.45) is 0 Å². The first-order valence-electron chi connectivity index (χ1n) is 11.5. The van der Waals surface area contributed by atoms with E-state index in [0.29, 0.717) is 18.1 Å². The van der Waals surface area contributed by atoms with Crippen LogP contribution in [0.25, 0.3) is 11.1 Å². The van der Waals surface area contributed by atoms with Crippen LogP contribution in [-0.4, -0.2) is 77.5 Å². The van der Waals surface area contributed by atoms with Gasteiger partial charge in [-0.15, -0.1) is 0 Å². The van der Waals surface area contributed by atoms with Crippen molar-refractivity contribution in [1.82, 2.24) is 20.0 Å². The van der Waals surface area contributed by atoms with Gasteiger partial charge in [0.1, 0.15) is 11.9 Å². The van der Waals surface area contributed by atoms with Crippen molar-refractivity contribution in [2.45, 2.75) is 18.9 Å². The molecule has 0 spiro atoms. The third-order valence-electron chi connectivity index (χ3n) is 4.80. The van der Waals surface area contributed by atoms with E-state index in [-0.39, 0.29) is 6.03 Å². The zero-order valence-electron chi connectivity index (χ0n) is 21.9. The number of hydrogen-bond donors (Lipinski definition) is 2. The highest BCUT2D eigenvalue weighted by Gasteiger charge is 2.29. The number of carbonyl (C=O) groups is 3. The second-order valence-corrected chi connectivity index (χ2v) is 8.86. The highest BCUT2D eigenvalue weighted by molar-refractivity contribution is 6.30. The topological polar surface area (TPSA) is 145 Å². The molecule has 0 aliphatic rings. The van der Waals surface area contributed by atoms with E-state index >= 15 is 0 Å². The van der Waals surface area contributed by atoms with Gasteiger partial charge in [-0.05, 0) is 49.5 Å². The number of nitrogens with zero attached hydrogens (tertiary/aromatic N) is 3. The second-order valence-electron chi connectivity index (χ2n) is 8.42. The van der Waals surface area contributed by atoms with E-state index in [1.54, 1.807) is 11.1 Å². The van der Waals surface area contributed by atoms with E-state index in [4.69, 9.17) is 31.4 Å². The molecule has 1 heterocycles. The van der Waals surface area contributed by atoms with Gasteiger partial charge in [-0.1, -0.05) is 35.9 Å². The van der Waals surface area contributed by atoms with Crippen LogP contribution in [0.5, 0.6) is 0 Å². The number of hydrogen-bond acceptors (Lipinski definition) is 7. The Morgan fingerprint density at radius 3 is 1.88 bits per heavy atom. The average Bonchev–Trinajstić information content (AvgIpc) is 3.41. The van der Waals surface area contributed by atoms with E-state index in [9.17, 15) is 31.1 Å². The summed E-state index contributed by atoms with van der Waals surface area (Å²) < 4.78 is 63.1. The van der Waals surface area contributed by atoms with Gasteiger partial charge < -0.3 is 34.9 Å². The Kier molecular flexibility index (Phi) is 13.8. The Balaban J connectivity index is 0.000000522. The van der Waals surface area contributed by atoms with Gasteiger partial charge >= 0.3 is 18.4 Å². The number of anilines is 1. The van der Waals surface area contributed by atoms with Crippen LogP contribution in [0.1, 0.15) is 5.56 Å².